The fourth-order valence-electron chi connectivity index (χ4n) is 4.35. The maximum Gasteiger partial charge on any atom is 0.410 e. The molecule has 32 heavy (non-hydrogen) atoms. The number of carbonyl (C=O) groups excluding carboxylic acids is 2. The monoisotopic (exact) mass is 457 g/mol. The van der Waals surface area contributed by atoms with Gasteiger partial charge in [-0.05, 0) is 56.1 Å². The highest BCUT2D eigenvalue weighted by Crippen LogP contribution is 2.32. The average Bonchev–Trinajstić information content (AvgIpc) is 2.81. The van der Waals surface area contributed by atoms with Crippen LogP contribution in [-0.2, 0) is 16.1 Å². The summed E-state index contributed by atoms with van der Waals surface area (Å²) >= 11 is 6.15. The standard InChI is InChI=1S/C25H32ClN3O3/c1-4-29(5-2)25(23(30)27-22-17-21(26)12-11-19(22)3)13-15-28(16-14-25)24(31)32-18-20-9-7-6-8-10-20/h6-12,17H,4-5,13-16,18H2,1-3H3,(H,27,30). The molecule has 0 unspecified atom stereocenters. The van der Waals surface area contributed by atoms with Crippen LogP contribution in [-0.4, -0.2) is 53.5 Å². The highest BCUT2D eigenvalue weighted by Gasteiger charge is 2.46. The summed E-state index contributed by atoms with van der Waals surface area (Å²) in [6.45, 7) is 8.73. The average molecular weight is 458 g/mol. The van der Waals surface area contributed by atoms with Crippen molar-refractivity contribution in [1.82, 2.24) is 9.80 Å². The molecule has 0 spiro atoms. The van der Waals surface area contributed by atoms with Crippen LogP contribution in [0, 0.1) is 6.92 Å². The van der Waals surface area contributed by atoms with Crippen molar-refractivity contribution >= 4 is 29.3 Å². The molecule has 0 radical (unpaired) electrons. The van der Waals surface area contributed by atoms with Gasteiger partial charge in [0.25, 0.3) is 0 Å². The lowest BCUT2D eigenvalue weighted by atomic mass is 9.84. The topological polar surface area (TPSA) is 61.9 Å². The lowest BCUT2D eigenvalue weighted by molar-refractivity contribution is -0.131. The summed E-state index contributed by atoms with van der Waals surface area (Å²) < 4.78 is 5.49. The van der Waals surface area contributed by atoms with E-state index in [9.17, 15) is 9.59 Å². The summed E-state index contributed by atoms with van der Waals surface area (Å²) in [5.74, 6) is -0.0520. The van der Waals surface area contributed by atoms with Crippen molar-refractivity contribution in [3.63, 3.8) is 0 Å². The first-order chi connectivity index (χ1) is 15.4. The molecule has 0 atom stereocenters. The Morgan fingerprint density at radius 3 is 2.38 bits per heavy atom. The highest BCUT2D eigenvalue weighted by atomic mass is 35.5. The molecule has 2 aromatic carbocycles. The minimum absolute atomic E-state index is 0.0520. The summed E-state index contributed by atoms with van der Waals surface area (Å²) in [5, 5.41) is 3.68. The van der Waals surface area contributed by atoms with Gasteiger partial charge in [0.05, 0.1) is 0 Å². The largest absolute Gasteiger partial charge is 0.445 e. The lowest BCUT2D eigenvalue weighted by Gasteiger charge is -2.46. The first-order valence-electron chi connectivity index (χ1n) is 11.2. The van der Waals surface area contributed by atoms with Crippen LogP contribution in [0.3, 0.4) is 0 Å². The second-order valence-electron chi connectivity index (χ2n) is 8.14. The van der Waals surface area contributed by atoms with Crippen molar-refractivity contribution in [3.05, 3.63) is 64.7 Å². The van der Waals surface area contributed by atoms with Gasteiger partial charge in [-0.1, -0.05) is 61.8 Å². The van der Waals surface area contributed by atoms with Gasteiger partial charge in [0.1, 0.15) is 12.1 Å². The van der Waals surface area contributed by atoms with Gasteiger partial charge < -0.3 is 15.0 Å². The van der Waals surface area contributed by atoms with Crippen LogP contribution in [0.2, 0.25) is 5.02 Å². The first-order valence-corrected chi connectivity index (χ1v) is 11.6. The Kier molecular flexibility index (Phi) is 8.15. The molecule has 1 heterocycles. The molecular formula is C25H32ClN3O3. The van der Waals surface area contributed by atoms with Gasteiger partial charge >= 0.3 is 6.09 Å². The fraction of sp³-hybridized carbons (Fsp3) is 0.440. The lowest BCUT2D eigenvalue weighted by Crippen LogP contribution is -2.62. The van der Waals surface area contributed by atoms with Crippen LogP contribution in [0.15, 0.2) is 48.5 Å². The number of rotatable bonds is 7. The van der Waals surface area contributed by atoms with Crippen LogP contribution in [0.25, 0.3) is 0 Å². The molecule has 0 bridgehead atoms. The smallest absolute Gasteiger partial charge is 0.410 e. The van der Waals surface area contributed by atoms with Crippen LogP contribution in [0.1, 0.15) is 37.8 Å². The highest BCUT2D eigenvalue weighted by molar-refractivity contribution is 6.31. The Morgan fingerprint density at radius 2 is 1.75 bits per heavy atom. The molecule has 2 aromatic rings. The predicted molar refractivity (Wildman–Crippen MR) is 128 cm³/mol. The molecule has 1 fully saturated rings. The molecule has 1 saturated heterocycles. The zero-order valence-corrected chi connectivity index (χ0v) is 19.8. The quantitative estimate of drug-likeness (QED) is 0.628. The van der Waals surface area contributed by atoms with Crippen molar-refractivity contribution < 1.29 is 14.3 Å². The molecule has 2 amide bonds. The number of nitrogens with one attached hydrogen (secondary N) is 1. The van der Waals surface area contributed by atoms with Gasteiger partial charge in [-0.25, -0.2) is 4.79 Å². The third-order valence-electron chi connectivity index (χ3n) is 6.29. The van der Waals surface area contributed by atoms with Gasteiger partial charge in [0.2, 0.25) is 5.91 Å². The van der Waals surface area contributed by atoms with Crippen LogP contribution in [0.4, 0.5) is 10.5 Å². The number of amides is 2. The maximum atomic E-state index is 13.6. The Hall–Kier alpha value is -2.57. The summed E-state index contributed by atoms with van der Waals surface area (Å²) in [7, 11) is 0. The van der Waals surface area contributed by atoms with Gasteiger partial charge in [-0.15, -0.1) is 0 Å². The third kappa shape index (κ3) is 5.43. The van der Waals surface area contributed by atoms with Crippen molar-refractivity contribution in [1.29, 1.82) is 0 Å². The number of anilines is 1. The van der Waals surface area contributed by atoms with Crippen LogP contribution >= 0.6 is 11.6 Å². The summed E-state index contributed by atoms with van der Waals surface area (Å²) in [6.07, 6.45) is 0.745. The molecule has 0 aliphatic carbocycles. The van der Waals surface area contributed by atoms with E-state index in [1.54, 1.807) is 11.0 Å². The van der Waals surface area contributed by atoms with Crippen LogP contribution < -0.4 is 5.32 Å². The molecule has 3 rings (SSSR count). The second-order valence-corrected chi connectivity index (χ2v) is 8.58. The number of nitrogens with zero attached hydrogens (tertiary/aromatic N) is 2. The summed E-state index contributed by atoms with van der Waals surface area (Å²) in [6, 6.07) is 15.1. The zero-order chi connectivity index (χ0) is 23.1. The Balaban J connectivity index is 1.69. The molecular weight excluding hydrogens is 426 g/mol. The molecule has 172 valence electrons. The fourth-order valence-corrected chi connectivity index (χ4v) is 4.53. The molecule has 7 heteroatoms. The Bertz CT molecular complexity index is 923. The number of carbonyl (C=O) groups is 2. The first kappa shape index (κ1) is 24.1. The molecule has 1 N–H and O–H groups in total. The van der Waals surface area contributed by atoms with E-state index >= 15 is 0 Å². The second kappa shape index (κ2) is 10.8. The molecule has 6 nitrogen and oxygen atoms in total. The van der Waals surface area contributed by atoms with E-state index in [4.69, 9.17) is 16.3 Å². The van der Waals surface area contributed by atoms with Crippen LogP contribution in [0.5, 0.6) is 0 Å². The van der Waals surface area contributed by atoms with E-state index in [1.807, 2.05) is 49.4 Å². The Morgan fingerprint density at radius 1 is 1.09 bits per heavy atom. The minimum Gasteiger partial charge on any atom is -0.445 e. The number of ether oxygens (including phenoxy) is 1. The van der Waals surface area contributed by atoms with Crippen molar-refractivity contribution in [2.75, 3.05) is 31.5 Å². The SMILES string of the molecule is CCN(CC)C1(C(=O)Nc2cc(Cl)ccc2C)CCN(C(=O)OCc2ccccc2)CC1. The molecule has 0 saturated carbocycles. The van der Waals surface area contributed by atoms with Crippen molar-refractivity contribution in [3.8, 4) is 0 Å². The van der Waals surface area contributed by atoms with Gasteiger partial charge in [0, 0.05) is 23.8 Å². The van der Waals surface area contributed by atoms with Crippen molar-refractivity contribution in [2.24, 2.45) is 0 Å². The van der Waals surface area contributed by atoms with E-state index in [0.29, 0.717) is 31.0 Å². The summed E-state index contributed by atoms with van der Waals surface area (Å²) in [4.78, 5) is 30.1. The van der Waals surface area contributed by atoms with E-state index in [0.717, 1.165) is 29.9 Å². The van der Waals surface area contributed by atoms with Gasteiger partial charge in [-0.2, -0.15) is 0 Å². The predicted octanol–water partition coefficient (Wildman–Crippen LogP) is 5.10. The number of piperidine rings is 1. The molecule has 0 aromatic heterocycles. The number of likely N-dealkylation sites (tertiary alicyclic amines) is 1. The Labute approximate surface area is 195 Å². The van der Waals surface area contributed by atoms with Gasteiger partial charge in [0.15, 0.2) is 0 Å². The van der Waals surface area contributed by atoms with Crippen molar-refractivity contribution in [2.45, 2.75) is 45.8 Å². The number of likely N-dealkylation sites (N-methyl/N-ethyl adjacent to an activating group) is 1. The maximum absolute atomic E-state index is 13.6. The number of halogens is 1. The third-order valence-corrected chi connectivity index (χ3v) is 6.53. The van der Waals surface area contributed by atoms with Gasteiger partial charge in [-0.3, -0.25) is 9.69 Å². The van der Waals surface area contributed by atoms with E-state index in [2.05, 4.69) is 24.1 Å². The normalized spacial score (nSPS) is 15.5. The number of aryl methyl sites for hydroxylation is 1. The number of hydrogen-bond acceptors (Lipinski definition) is 4. The van der Waals surface area contributed by atoms with E-state index < -0.39 is 5.54 Å². The number of benzene rings is 2. The zero-order valence-electron chi connectivity index (χ0n) is 19.1. The van der Waals surface area contributed by atoms with E-state index in [1.165, 1.54) is 0 Å². The summed E-state index contributed by atoms with van der Waals surface area (Å²) in [5.41, 5.74) is 1.94. The minimum atomic E-state index is -0.686. The molecule has 1 aliphatic heterocycles. The number of hydrogen-bond donors (Lipinski definition) is 1. The molecule has 1 aliphatic rings. The van der Waals surface area contributed by atoms with E-state index in [-0.39, 0.29) is 18.6 Å².